The summed E-state index contributed by atoms with van der Waals surface area (Å²) in [4.78, 5) is 11.1. The van der Waals surface area contributed by atoms with Gasteiger partial charge in [0.15, 0.2) is 13.1 Å². The summed E-state index contributed by atoms with van der Waals surface area (Å²) in [6.45, 7) is 0.972. The molecule has 0 aromatic heterocycles. The molecule has 0 atom stereocenters. The van der Waals surface area contributed by atoms with E-state index >= 15 is 0 Å². The Morgan fingerprint density at radius 3 is 2.40 bits per heavy atom. The highest BCUT2D eigenvalue weighted by Crippen LogP contribution is 2.29. The number of methoxy groups -OCH3 is 1. The van der Waals surface area contributed by atoms with Crippen molar-refractivity contribution in [3.05, 3.63) is 59.2 Å². The first kappa shape index (κ1) is 17.5. The molecule has 0 aliphatic heterocycles. The molecule has 3 rings (SSSR count). The molecule has 2 aromatic carbocycles. The van der Waals surface area contributed by atoms with Crippen LogP contribution in [-0.4, -0.2) is 26.8 Å². The van der Waals surface area contributed by atoms with Crippen molar-refractivity contribution in [1.29, 1.82) is 0 Å². The summed E-state index contributed by atoms with van der Waals surface area (Å²) in [5.74, 6) is 2.28. The molecule has 132 valence electrons. The normalized spacial score (nSPS) is 13.5. The third-order valence-corrected chi connectivity index (χ3v) is 4.35. The van der Waals surface area contributed by atoms with Crippen molar-refractivity contribution < 1.29 is 19.0 Å². The van der Waals surface area contributed by atoms with Crippen molar-refractivity contribution in [2.75, 3.05) is 20.5 Å². The number of benzene rings is 2. The highest BCUT2D eigenvalue weighted by molar-refractivity contribution is 5.79. The van der Waals surface area contributed by atoms with Gasteiger partial charge in [0.25, 0.3) is 0 Å². The number of hydrogen-bond acceptors (Lipinski definition) is 4. The van der Waals surface area contributed by atoms with E-state index in [0.29, 0.717) is 11.3 Å². The number of aryl methyl sites for hydroxylation is 2. The average molecular weight is 340 g/mol. The fourth-order valence-corrected chi connectivity index (χ4v) is 2.62. The van der Waals surface area contributed by atoms with Gasteiger partial charge < -0.3 is 14.2 Å². The predicted octanol–water partition coefficient (Wildman–Crippen LogP) is 4.06. The molecule has 1 fully saturated rings. The van der Waals surface area contributed by atoms with Gasteiger partial charge in [-0.2, -0.15) is 0 Å². The van der Waals surface area contributed by atoms with Crippen molar-refractivity contribution in [2.45, 2.75) is 25.7 Å². The van der Waals surface area contributed by atoms with Crippen LogP contribution < -0.4 is 9.47 Å². The molecule has 4 heteroatoms. The van der Waals surface area contributed by atoms with E-state index in [0.717, 1.165) is 43.0 Å². The maximum atomic E-state index is 11.1. The summed E-state index contributed by atoms with van der Waals surface area (Å²) in [6, 6.07) is 14.0. The van der Waals surface area contributed by atoms with Crippen molar-refractivity contribution in [1.82, 2.24) is 0 Å². The molecule has 1 aliphatic rings. The average Bonchev–Trinajstić information content (AvgIpc) is 3.48. The molecule has 1 aliphatic carbocycles. The van der Waals surface area contributed by atoms with E-state index in [1.807, 2.05) is 24.3 Å². The molecule has 0 bridgehead atoms. The topological polar surface area (TPSA) is 44.8 Å². The Morgan fingerprint density at radius 2 is 1.72 bits per heavy atom. The Kier molecular flexibility index (Phi) is 6.07. The van der Waals surface area contributed by atoms with Crippen LogP contribution in [0.25, 0.3) is 0 Å². The Bertz CT molecular complexity index is 690. The van der Waals surface area contributed by atoms with Gasteiger partial charge in [0.1, 0.15) is 11.5 Å². The fraction of sp³-hybridized carbons (Fsp3) is 0.381. The van der Waals surface area contributed by atoms with Crippen molar-refractivity contribution in [3.8, 4) is 11.5 Å². The highest BCUT2D eigenvalue weighted by Gasteiger charge is 2.21. The largest absolute Gasteiger partial charge is 0.493 e. The van der Waals surface area contributed by atoms with Crippen LogP contribution in [0.4, 0.5) is 0 Å². The molecular weight excluding hydrogens is 316 g/mol. The number of carbonyl (C=O) groups is 1. The van der Waals surface area contributed by atoms with Crippen molar-refractivity contribution >= 4 is 6.29 Å². The zero-order valence-corrected chi connectivity index (χ0v) is 14.6. The van der Waals surface area contributed by atoms with E-state index in [-0.39, 0.29) is 6.79 Å². The Hall–Kier alpha value is -2.33. The molecular formula is C21H24O4. The molecule has 2 aromatic rings. The first-order valence-electron chi connectivity index (χ1n) is 8.70. The standard InChI is InChI=1S/C21H24O4/c1-23-15-25-21-12-17(6-9-19(21)13-22)3-2-16-7-10-20(11-8-16)24-14-18-4-5-18/h6-13,18H,2-5,14-15H2,1H3. The summed E-state index contributed by atoms with van der Waals surface area (Å²) >= 11 is 0. The smallest absolute Gasteiger partial charge is 0.188 e. The lowest BCUT2D eigenvalue weighted by atomic mass is 10.0. The summed E-state index contributed by atoms with van der Waals surface area (Å²) in [6.07, 6.45) is 5.21. The molecule has 25 heavy (non-hydrogen) atoms. The third kappa shape index (κ3) is 5.33. The van der Waals surface area contributed by atoms with Gasteiger partial charge in [-0.05, 0) is 67.0 Å². The summed E-state index contributed by atoms with van der Waals surface area (Å²) in [5.41, 5.74) is 2.93. The lowest BCUT2D eigenvalue weighted by Crippen LogP contribution is -2.02. The summed E-state index contributed by atoms with van der Waals surface area (Å²) < 4.78 is 16.1. The second-order valence-electron chi connectivity index (χ2n) is 6.44. The van der Waals surface area contributed by atoms with Gasteiger partial charge in [0.05, 0.1) is 12.2 Å². The molecule has 4 nitrogen and oxygen atoms in total. The maximum Gasteiger partial charge on any atom is 0.188 e. The SMILES string of the molecule is COCOc1cc(CCc2ccc(OCC3CC3)cc2)ccc1C=O. The minimum absolute atomic E-state index is 0.132. The first-order valence-corrected chi connectivity index (χ1v) is 8.70. The van der Waals surface area contributed by atoms with Crippen molar-refractivity contribution in [3.63, 3.8) is 0 Å². The van der Waals surface area contributed by atoms with E-state index in [1.165, 1.54) is 18.4 Å². The van der Waals surface area contributed by atoms with E-state index in [4.69, 9.17) is 14.2 Å². The van der Waals surface area contributed by atoms with Gasteiger partial charge in [-0.1, -0.05) is 18.2 Å². The summed E-state index contributed by atoms with van der Waals surface area (Å²) in [5, 5.41) is 0. The molecule has 0 unspecified atom stereocenters. The Labute approximate surface area is 148 Å². The van der Waals surface area contributed by atoms with Crippen LogP contribution in [0.1, 0.15) is 34.3 Å². The quantitative estimate of drug-likeness (QED) is 0.483. The van der Waals surface area contributed by atoms with Crippen LogP contribution in [0, 0.1) is 5.92 Å². The lowest BCUT2D eigenvalue weighted by Gasteiger charge is -2.10. The number of ether oxygens (including phenoxy) is 3. The van der Waals surface area contributed by atoms with Crippen LogP contribution in [0.5, 0.6) is 11.5 Å². The second-order valence-corrected chi connectivity index (χ2v) is 6.44. The van der Waals surface area contributed by atoms with E-state index < -0.39 is 0 Å². The van der Waals surface area contributed by atoms with Crippen LogP contribution in [0.15, 0.2) is 42.5 Å². The minimum atomic E-state index is 0.132. The van der Waals surface area contributed by atoms with Gasteiger partial charge in [-0.25, -0.2) is 0 Å². The number of carbonyl (C=O) groups excluding carboxylic acids is 1. The number of aldehydes is 1. The maximum absolute atomic E-state index is 11.1. The van der Waals surface area contributed by atoms with Gasteiger partial charge in [-0.3, -0.25) is 4.79 Å². The molecule has 0 radical (unpaired) electrons. The monoisotopic (exact) mass is 340 g/mol. The zero-order valence-electron chi connectivity index (χ0n) is 14.6. The highest BCUT2D eigenvalue weighted by atomic mass is 16.7. The molecule has 0 spiro atoms. The van der Waals surface area contributed by atoms with Gasteiger partial charge in [0.2, 0.25) is 0 Å². The fourth-order valence-electron chi connectivity index (χ4n) is 2.62. The van der Waals surface area contributed by atoms with Crippen molar-refractivity contribution in [2.24, 2.45) is 5.92 Å². The zero-order chi connectivity index (χ0) is 17.5. The first-order chi connectivity index (χ1) is 12.3. The predicted molar refractivity (Wildman–Crippen MR) is 96.4 cm³/mol. The van der Waals surface area contributed by atoms with Crippen LogP contribution in [-0.2, 0) is 17.6 Å². The summed E-state index contributed by atoms with van der Waals surface area (Å²) in [7, 11) is 1.56. The minimum Gasteiger partial charge on any atom is -0.493 e. The number of rotatable bonds is 10. The molecule has 0 amide bonds. The van der Waals surface area contributed by atoms with Gasteiger partial charge in [0, 0.05) is 7.11 Å². The molecule has 0 N–H and O–H groups in total. The van der Waals surface area contributed by atoms with E-state index in [1.54, 1.807) is 13.2 Å². The van der Waals surface area contributed by atoms with Crippen LogP contribution in [0.2, 0.25) is 0 Å². The molecule has 1 saturated carbocycles. The van der Waals surface area contributed by atoms with Gasteiger partial charge >= 0.3 is 0 Å². The molecule has 0 heterocycles. The third-order valence-electron chi connectivity index (χ3n) is 4.35. The second kappa shape index (κ2) is 8.67. The lowest BCUT2D eigenvalue weighted by molar-refractivity contribution is 0.0505. The van der Waals surface area contributed by atoms with Crippen LogP contribution in [0.3, 0.4) is 0 Å². The Balaban J connectivity index is 1.55. The molecule has 0 saturated heterocycles. The van der Waals surface area contributed by atoms with Crippen LogP contribution >= 0.6 is 0 Å². The number of hydrogen-bond donors (Lipinski definition) is 0. The van der Waals surface area contributed by atoms with E-state index in [2.05, 4.69) is 12.1 Å². The Morgan fingerprint density at radius 1 is 1.00 bits per heavy atom. The van der Waals surface area contributed by atoms with E-state index in [9.17, 15) is 4.79 Å². The van der Waals surface area contributed by atoms with Gasteiger partial charge in [-0.15, -0.1) is 0 Å².